The van der Waals surface area contributed by atoms with E-state index in [-0.39, 0.29) is 5.78 Å². The molecule has 0 spiro atoms. The van der Waals surface area contributed by atoms with Crippen molar-refractivity contribution in [1.82, 2.24) is 0 Å². The molecule has 0 aliphatic heterocycles. The molecule has 0 radical (unpaired) electrons. The lowest BCUT2D eigenvalue weighted by Crippen LogP contribution is -2.04. The summed E-state index contributed by atoms with van der Waals surface area (Å²) >= 11 is 1.60. The third kappa shape index (κ3) is 3.13. The number of hydrogen-bond donors (Lipinski definition) is 0. The number of thioether (sulfide) groups is 1. The van der Waals surface area contributed by atoms with E-state index in [0.29, 0.717) is 16.9 Å². The van der Waals surface area contributed by atoms with E-state index in [9.17, 15) is 4.79 Å². The van der Waals surface area contributed by atoms with E-state index in [2.05, 4.69) is 6.58 Å². The number of benzene rings is 1. The van der Waals surface area contributed by atoms with Crippen molar-refractivity contribution in [2.24, 2.45) is 0 Å². The van der Waals surface area contributed by atoms with Gasteiger partial charge in [-0.1, -0.05) is 6.58 Å². The first-order valence-electron chi connectivity index (χ1n) is 4.54. The molecule has 15 heavy (non-hydrogen) atoms. The summed E-state index contributed by atoms with van der Waals surface area (Å²) < 4.78 is 5.02. The molecule has 0 atom stereocenters. The zero-order valence-electron chi connectivity index (χ0n) is 8.95. The van der Waals surface area contributed by atoms with Gasteiger partial charge in [0.05, 0.1) is 7.11 Å². The van der Waals surface area contributed by atoms with Crippen LogP contribution in [0, 0.1) is 0 Å². The Hall–Kier alpha value is -1.22. The van der Waals surface area contributed by atoms with Crippen molar-refractivity contribution in [3.63, 3.8) is 0 Å². The Kier molecular flexibility index (Phi) is 4.43. The normalized spacial score (nSPS) is 9.73. The maximum Gasteiger partial charge on any atom is 0.189 e. The summed E-state index contributed by atoms with van der Waals surface area (Å²) in [6.45, 7) is 3.76. The second-order valence-electron chi connectivity index (χ2n) is 3.09. The second-order valence-corrected chi connectivity index (χ2v) is 3.96. The molecule has 1 rings (SSSR count). The SMILES string of the molecule is C=C(CSC)C(=O)c1ccc(OC)cc1. The van der Waals surface area contributed by atoms with Crippen molar-refractivity contribution in [1.29, 1.82) is 0 Å². The quantitative estimate of drug-likeness (QED) is 0.566. The number of Topliss-reactive ketones (excluding diaryl/α,β-unsaturated/α-hetero) is 1. The molecule has 1 aromatic carbocycles. The maximum atomic E-state index is 11.8. The number of hydrogen-bond acceptors (Lipinski definition) is 3. The summed E-state index contributed by atoms with van der Waals surface area (Å²) in [5, 5.41) is 0. The first kappa shape index (κ1) is 11.9. The Bertz CT molecular complexity index is 354. The molecule has 0 heterocycles. The summed E-state index contributed by atoms with van der Waals surface area (Å²) in [7, 11) is 1.60. The van der Waals surface area contributed by atoms with Crippen molar-refractivity contribution in [2.45, 2.75) is 0 Å². The van der Waals surface area contributed by atoms with Crippen molar-refractivity contribution >= 4 is 17.5 Å². The van der Waals surface area contributed by atoms with Gasteiger partial charge in [0.1, 0.15) is 5.75 Å². The van der Waals surface area contributed by atoms with E-state index < -0.39 is 0 Å². The number of carbonyl (C=O) groups excluding carboxylic acids is 1. The fourth-order valence-corrected chi connectivity index (χ4v) is 1.67. The van der Waals surface area contributed by atoms with Crippen LogP contribution < -0.4 is 4.74 Å². The fourth-order valence-electron chi connectivity index (χ4n) is 1.19. The lowest BCUT2D eigenvalue weighted by molar-refractivity contribution is 0.103. The van der Waals surface area contributed by atoms with Crippen molar-refractivity contribution in [3.05, 3.63) is 42.0 Å². The topological polar surface area (TPSA) is 26.3 Å². The van der Waals surface area contributed by atoms with E-state index in [4.69, 9.17) is 4.74 Å². The highest BCUT2D eigenvalue weighted by atomic mass is 32.2. The highest BCUT2D eigenvalue weighted by Crippen LogP contribution is 2.15. The minimum absolute atomic E-state index is 0.00648. The Morgan fingerprint density at radius 2 is 2.00 bits per heavy atom. The number of ketones is 1. The van der Waals surface area contributed by atoms with E-state index in [1.54, 1.807) is 43.1 Å². The Labute approximate surface area is 94.3 Å². The van der Waals surface area contributed by atoms with Gasteiger partial charge in [-0.3, -0.25) is 4.79 Å². The molecule has 0 amide bonds. The van der Waals surface area contributed by atoms with E-state index in [0.717, 1.165) is 5.75 Å². The predicted octanol–water partition coefficient (Wildman–Crippen LogP) is 2.80. The Balaban J connectivity index is 2.78. The van der Waals surface area contributed by atoms with Crippen LogP contribution >= 0.6 is 11.8 Å². The smallest absolute Gasteiger partial charge is 0.189 e. The van der Waals surface area contributed by atoms with Gasteiger partial charge < -0.3 is 4.74 Å². The number of rotatable bonds is 5. The molecule has 80 valence electrons. The molecular weight excluding hydrogens is 208 g/mol. The second kappa shape index (κ2) is 5.61. The van der Waals surface area contributed by atoms with Crippen LogP contribution in [0.4, 0.5) is 0 Å². The number of methoxy groups -OCH3 is 1. The largest absolute Gasteiger partial charge is 0.497 e. The van der Waals surface area contributed by atoms with Crippen LogP contribution in [-0.4, -0.2) is 24.9 Å². The zero-order valence-corrected chi connectivity index (χ0v) is 9.76. The predicted molar refractivity (Wildman–Crippen MR) is 64.8 cm³/mol. The molecule has 0 fully saturated rings. The molecule has 0 aliphatic rings. The summed E-state index contributed by atoms with van der Waals surface area (Å²) in [5.41, 5.74) is 1.29. The Morgan fingerprint density at radius 3 is 2.47 bits per heavy atom. The van der Waals surface area contributed by atoms with Gasteiger partial charge in [-0.2, -0.15) is 11.8 Å². The molecule has 0 saturated carbocycles. The average Bonchev–Trinajstić information content (AvgIpc) is 2.28. The van der Waals surface area contributed by atoms with Crippen LogP contribution in [-0.2, 0) is 0 Å². The van der Waals surface area contributed by atoms with Gasteiger partial charge in [0, 0.05) is 16.9 Å². The highest BCUT2D eigenvalue weighted by molar-refractivity contribution is 7.98. The van der Waals surface area contributed by atoms with Crippen molar-refractivity contribution < 1.29 is 9.53 Å². The third-order valence-electron chi connectivity index (χ3n) is 1.99. The minimum Gasteiger partial charge on any atom is -0.497 e. The molecule has 2 nitrogen and oxygen atoms in total. The van der Waals surface area contributed by atoms with Crippen LogP contribution in [0.1, 0.15) is 10.4 Å². The Morgan fingerprint density at radius 1 is 1.40 bits per heavy atom. The van der Waals surface area contributed by atoms with Gasteiger partial charge in [0.15, 0.2) is 5.78 Å². The van der Waals surface area contributed by atoms with Crippen molar-refractivity contribution in [2.75, 3.05) is 19.1 Å². The molecule has 1 aromatic rings. The zero-order chi connectivity index (χ0) is 11.3. The fraction of sp³-hybridized carbons (Fsp3) is 0.250. The lowest BCUT2D eigenvalue weighted by atomic mass is 10.1. The monoisotopic (exact) mass is 222 g/mol. The standard InChI is InChI=1S/C12H14O2S/c1-9(8-15-3)12(13)10-4-6-11(14-2)7-5-10/h4-7H,1,8H2,2-3H3. The maximum absolute atomic E-state index is 11.8. The van der Waals surface area contributed by atoms with Crippen LogP contribution in [0.15, 0.2) is 36.4 Å². The molecular formula is C12H14O2S. The van der Waals surface area contributed by atoms with Gasteiger partial charge in [-0.15, -0.1) is 0 Å². The van der Waals surface area contributed by atoms with Gasteiger partial charge >= 0.3 is 0 Å². The van der Waals surface area contributed by atoms with Crippen LogP contribution in [0.5, 0.6) is 5.75 Å². The first-order valence-corrected chi connectivity index (χ1v) is 5.94. The van der Waals surface area contributed by atoms with Crippen LogP contribution in [0.3, 0.4) is 0 Å². The molecule has 0 aliphatic carbocycles. The average molecular weight is 222 g/mol. The van der Waals surface area contributed by atoms with E-state index in [1.165, 1.54) is 0 Å². The molecule has 0 N–H and O–H groups in total. The summed E-state index contributed by atoms with van der Waals surface area (Å²) in [5.74, 6) is 1.43. The highest BCUT2D eigenvalue weighted by Gasteiger charge is 2.09. The van der Waals surface area contributed by atoms with E-state index >= 15 is 0 Å². The molecule has 0 unspecified atom stereocenters. The van der Waals surface area contributed by atoms with Gasteiger partial charge in [0.25, 0.3) is 0 Å². The minimum atomic E-state index is 0.00648. The van der Waals surface area contributed by atoms with Gasteiger partial charge in [-0.05, 0) is 30.5 Å². The lowest BCUT2D eigenvalue weighted by Gasteiger charge is -2.04. The number of carbonyl (C=O) groups is 1. The number of ether oxygens (including phenoxy) is 1. The van der Waals surface area contributed by atoms with Crippen LogP contribution in [0.2, 0.25) is 0 Å². The van der Waals surface area contributed by atoms with Crippen molar-refractivity contribution in [3.8, 4) is 5.75 Å². The van der Waals surface area contributed by atoms with Gasteiger partial charge in [0.2, 0.25) is 0 Å². The first-order chi connectivity index (χ1) is 7.19. The van der Waals surface area contributed by atoms with E-state index in [1.807, 2.05) is 6.26 Å². The van der Waals surface area contributed by atoms with Crippen LogP contribution in [0.25, 0.3) is 0 Å². The summed E-state index contributed by atoms with van der Waals surface area (Å²) in [6, 6.07) is 7.07. The summed E-state index contributed by atoms with van der Waals surface area (Å²) in [6.07, 6.45) is 1.95. The van der Waals surface area contributed by atoms with Gasteiger partial charge in [-0.25, -0.2) is 0 Å². The molecule has 0 saturated heterocycles. The molecule has 0 aromatic heterocycles. The third-order valence-corrected chi connectivity index (χ3v) is 2.63. The molecule has 3 heteroatoms. The summed E-state index contributed by atoms with van der Waals surface area (Å²) in [4.78, 5) is 11.8. The molecule has 0 bridgehead atoms.